The number of rotatable bonds is 2. The smallest absolute Gasteiger partial charge is 0.399 e. The van der Waals surface area contributed by atoms with Crippen LogP contribution in [0.4, 0.5) is 0 Å². The van der Waals surface area contributed by atoms with E-state index < -0.39 is 42.1 Å². The Kier molecular flexibility index (Phi) is 6.72. The lowest BCUT2D eigenvalue weighted by atomic mass is 9.57. The van der Waals surface area contributed by atoms with Crippen molar-refractivity contribution in [3.8, 4) is 22.3 Å². The number of hydrogen-bond acceptors (Lipinski definition) is 4. The molecule has 6 heteroatoms. The highest BCUT2D eigenvalue weighted by molar-refractivity contribution is 6.66. The van der Waals surface area contributed by atoms with Crippen LogP contribution in [-0.4, -0.2) is 36.6 Å². The minimum absolute atomic E-state index is 0.553. The van der Waals surface area contributed by atoms with Crippen molar-refractivity contribution in [1.82, 2.24) is 0 Å². The summed E-state index contributed by atoms with van der Waals surface area (Å²) in [5, 5.41) is 4.89. The summed E-state index contributed by atoms with van der Waals surface area (Å²) in [7, 11) is -1.32. The lowest BCUT2D eigenvalue weighted by Gasteiger charge is -2.37. The van der Waals surface area contributed by atoms with Gasteiger partial charge in [-0.25, -0.2) is 0 Å². The van der Waals surface area contributed by atoms with Crippen molar-refractivity contribution in [3.63, 3.8) is 0 Å². The zero-order valence-electron chi connectivity index (χ0n) is 32.9. The van der Waals surface area contributed by atoms with E-state index in [1.807, 2.05) is 0 Å². The summed E-state index contributed by atoms with van der Waals surface area (Å²) in [4.78, 5) is 0. The van der Waals surface area contributed by atoms with Gasteiger partial charge in [0.1, 0.15) is 0 Å². The van der Waals surface area contributed by atoms with Crippen LogP contribution in [0.3, 0.4) is 0 Å². The van der Waals surface area contributed by atoms with Gasteiger partial charge >= 0.3 is 14.2 Å². The molecule has 3 aliphatic carbocycles. The Labute approximate surface area is 319 Å². The summed E-state index contributed by atoms with van der Waals surface area (Å²) in [6.07, 6.45) is 4.22. The molecule has 1 unspecified atom stereocenters. The molecule has 2 saturated heterocycles. The topological polar surface area (TPSA) is 36.9 Å². The predicted octanol–water partition coefficient (Wildman–Crippen LogP) is 10.8. The largest absolute Gasteiger partial charge is 0.495 e. The second kappa shape index (κ2) is 10.6. The molecule has 10 rings (SSSR count). The van der Waals surface area contributed by atoms with Crippen molar-refractivity contribution in [2.75, 3.05) is 0 Å². The van der Waals surface area contributed by atoms with Crippen molar-refractivity contribution in [2.24, 2.45) is 0 Å². The van der Waals surface area contributed by atoms with Crippen molar-refractivity contribution >= 4 is 52.4 Å². The molecule has 54 heavy (non-hydrogen) atoms. The first-order valence-corrected chi connectivity index (χ1v) is 19.3. The van der Waals surface area contributed by atoms with Gasteiger partial charge in [0.2, 0.25) is 0 Å². The van der Waals surface area contributed by atoms with Gasteiger partial charge in [-0.15, -0.1) is 0 Å². The fraction of sp³-hybridized carbons (Fsp3) is 0.292. The highest BCUT2D eigenvalue weighted by Gasteiger charge is 2.59. The molecule has 0 saturated carbocycles. The van der Waals surface area contributed by atoms with E-state index in [9.17, 15) is 0 Å². The van der Waals surface area contributed by atoms with Crippen LogP contribution in [0.5, 0.6) is 0 Å². The fourth-order valence-electron chi connectivity index (χ4n) is 9.78. The molecule has 2 fully saturated rings. The van der Waals surface area contributed by atoms with Gasteiger partial charge in [-0.3, -0.25) is 0 Å². The summed E-state index contributed by atoms with van der Waals surface area (Å²) < 4.78 is 28.3. The molecule has 0 bridgehead atoms. The predicted molar refractivity (Wildman–Crippen MR) is 225 cm³/mol. The van der Waals surface area contributed by atoms with Gasteiger partial charge < -0.3 is 18.6 Å². The monoisotopic (exact) mass is 708 g/mol. The molecule has 0 radical (unpaired) electrons. The van der Waals surface area contributed by atoms with Crippen LogP contribution in [0.15, 0.2) is 115 Å². The Morgan fingerprint density at radius 1 is 0.500 bits per heavy atom. The highest BCUT2D eigenvalue weighted by Crippen LogP contribution is 2.60. The zero-order valence-corrected chi connectivity index (χ0v) is 32.9. The molecular formula is C48H46B2O4. The first-order chi connectivity index (χ1) is 25.5. The second-order valence-corrected chi connectivity index (χ2v) is 18.0. The number of allylic oxidation sites excluding steroid dienone is 6. The molecule has 0 aromatic heterocycles. The van der Waals surface area contributed by atoms with Crippen LogP contribution in [0.1, 0.15) is 84.6 Å². The van der Waals surface area contributed by atoms with Crippen LogP contribution in [-0.2, 0) is 24.0 Å². The summed E-state index contributed by atoms with van der Waals surface area (Å²) in [6, 6.07) is 29.0. The average Bonchev–Trinajstić information content (AvgIpc) is 3.73. The zero-order chi connectivity index (χ0) is 37.9. The molecule has 5 aromatic rings. The van der Waals surface area contributed by atoms with Crippen LogP contribution in [0, 0.1) is 0 Å². The first kappa shape index (κ1) is 34.1. The SMILES string of the molecule is C=C1/C=C\C(=C)c2cc3c(c(B4OC(C)(C)C(C)(C)O4)c2C2(C)/C(=C\1B1OC(C)(C)C(C)(C)O1)c1cccc4cccc2c14)-c1cccc2cccc-3c12. The molecule has 4 nitrogen and oxygen atoms in total. The van der Waals surface area contributed by atoms with E-state index in [2.05, 4.69) is 153 Å². The Morgan fingerprint density at radius 3 is 1.61 bits per heavy atom. The molecule has 268 valence electrons. The van der Waals surface area contributed by atoms with E-state index in [0.717, 1.165) is 49.9 Å². The van der Waals surface area contributed by atoms with Crippen molar-refractivity contribution in [1.29, 1.82) is 0 Å². The van der Waals surface area contributed by atoms with Crippen LogP contribution < -0.4 is 5.46 Å². The molecular weight excluding hydrogens is 662 g/mol. The van der Waals surface area contributed by atoms with E-state index in [-0.39, 0.29) is 0 Å². The summed E-state index contributed by atoms with van der Waals surface area (Å²) in [5.41, 5.74) is 11.2. The quantitative estimate of drug-likeness (QED) is 0.168. The molecule has 0 amide bonds. The first-order valence-electron chi connectivity index (χ1n) is 19.3. The van der Waals surface area contributed by atoms with Gasteiger partial charge in [-0.05, 0) is 162 Å². The minimum Gasteiger partial charge on any atom is -0.399 e. The normalized spacial score (nSPS) is 25.8. The fourth-order valence-corrected chi connectivity index (χ4v) is 9.78. The molecule has 2 aliphatic heterocycles. The van der Waals surface area contributed by atoms with E-state index in [4.69, 9.17) is 31.8 Å². The highest BCUT2D eigenvalue weighted by atomic mass is 16.7. The number of fused-ring (bicyclic) bond motifs is 8. The molecule has 5 aliphatic rings. The molecule has 2 heterocycles. The van der Waals surface area contributed by atoms with Crippen LogP contribution >= 0.6 is 0 Å². The Bertz CT molecular complexity index is 2600. The van der Waals surface area contributed by atoms with Gasteiger partial charge in [0, 0.05) is 5.41 Å². The Morgan fingerprint density at radius 2 is 1.00 bits per heavy atom. The van der Waals surface area contributed by atoms with Crippen molar-refractivity contribution in [3.05, 3.63) is 137 Å². The van der Waals surface area contributed by atoms with E-state index in [1.54, 1.807) is 0 Å². The van der Waals surface area contributed by atoms with Gasteiger partial charge in [0.25, 0.3) is 0 Å². The minimum atomic E-state index is -0.744. The maximum Gasteiger partial charge on any atom is 0.495 e. The average molecular weight is 709 g/mol. The lowest BCUT2D eigenvalue weighted by molar-refractivity contribution is 0.00578. The van der Waals surface area contributed by atoms with Gasteiger partial charge in [-0.1, -0.05) is 98.1 Å². The van der Waals surface area contributed by atoms with E-state index >= 15 is 0 Å². The summed E-state index contributed by atoms with van der Waals surface area (Å²) >= 11 is 0. The van der Waals surface area contributed by atoms with Gasteiger partial charge in [0.15, 0.2) is 0 Å². The summed E-state index contributed by atoms with van der Waals surface area (Å²) in [6.45, 7) is 29.0. The van der Waals surface area contributed by atoms with Crippen LogP contribution in [0.2, 0.25) is 0 Å². The van der Waals surface area contributed by atoms with Gasteiger partial charge in [0.05, 0.1) is 22.4 Å². The van der Waals surface area contributed by atoms with Crippen molar-refractivity contribution in [2.45, 2.75) is 90.1 Å². The molecule has 0 spiro atoms. The van der Waals surface area contributed by atoms with Crippen LogP contribution in [0.25, 0.3) is 54.9 Å². The third-order valence-corrected chi connectivity index (χ3v) is 14.0. The molecule has 5 aromatic carbocycles. The summed E-state index contributed by atoms with van der Waals surface area (Å²) in [5.74, 6) is 0. The molecule has 1 atom stereocenters. The van der Waals surface area contributed by atoms with Crippen molar-refractivity contribution < 1.29 is 18.6 Å². The maximum absolute atomic E-state index is 7.17. The molecule has 0 N–H and O–H groups in total. The van der Waals surface area contributed by atoms with Gasteiger partial charge in [-0.2, -0.15) is 0 Å². The lowest BCUT2D eigenvalue weighted by Crippen LogP contribution is -2.44. The number of hydrogen-bond donors (Lipinski definition) is 0. The van der Waals surface area contributed by atoms with E-state index in [0.29, 0.717) is 0 Å². The second-order valence-electron chi connectivity index (χ2n) is 18.0. The Hall–Kier alpha value is -4.45. The number of benzene rings is 5. The Balaban J connectivity index is 1.41. The maximum atomic E-state index is 7.17. The van der Waals surface area contributed by atoms with E-state index in [1.165, 1.54) is 43.8 Å². The third kappa shape index (κ3) is 4.20. The third-order valence-electron chi connectivity index (χ3n) is 14.0. The standard InChI is InChI=1S/C48H46B2O4/c1-27-24-25-28(2)42(49-51-44(3,4)45(5,6)52-49)40-33-22-14-18-30-19-15-23-36(38(30)33)48(40,11)41-34(27)26-35-31-20-12-16-29-17-13-21-32(37(29)31)39(35)43(41)50-53-46(7,8)47(9,10)54-50/h12-26H,1-2H2,3-11H3/b25-24-,42-40+.